The Morgan fingerprint density at radius 3 is 2.32 bits per heavy atom. The van der Waals surface area contributed by atoms with Crippen molar-refractivity contribution in [2.75, 3.05) is 19.6 Å². The SMILES string of the molecule is CC(C)[C@H]1C(=O)N(C(Cc2ccc3ccccc3c2)C(=O)NCC2CC2)CCN1C(=O)C(N)Cc1ccc(Cl)cc1. The molecule has 0 radical (unpaired) electrons. The van der Waals surface area contributed by atoms with E-state index in [1.165, 1.54) is 0 Å². The highest BCUT2D eigenvalue weighted by Crippen LogP contribution is 2.28. The average molecular weight is 575 g/mol. The van der Waals surface area contributed by atoms with Crippen LogP contribution in [0.5, 0.6) is 0 Å². The average Bonchev–Trinajstić information content (AvgIpc) is 3.80. The predicted octanol–water partition coefficient (Wildman–Crippen LogP) is 4.20. The number of carbonyl (C=O) groups is 3. The van der Waals surface area contributed by atoms with Crippen molar-refractivity contribution in [3.63, 3.8) is 0 Å². The molecule has 0 spiro atoms. The van der Waals surface area contributed by atoms with E-state index in [-0.39, 0.29) is 30.2 Å². The Morgan fingerprint density at radius 1 is 0.951 bits per heavy atom. The second-order valence-electron chi connectivity index (χ2n) is 11.8. The zero-order chi connectivity index (χ0) is 29.1. The fourth-order valence-corrected chi connectivity index (χ4v) is 5.89. The minimum Gasteiger partial charge on any atom is -0.354 e. The molecule has 216 valence electrons. The first-order chi connectivity index (χ1) is 19.7. The van der Waals surface area contributed by atoms with E-state index >= 15 is 0 Å². The summed E-state index contributed by atoms with van der Waals surface area (Å²) in [5.41, 5.74) is 8.28. The van der Waals surface area contributed by atoms with Gasteiger partial charge >= 0.3 is 0 Å². The van der Waals surface area contributed by atoms with Crippen LogP contribution < -0.4 is 11.1 Å². The Hall–Kier alpha value is -3.42. The molecule has 3 atom stereocenters. The lowest BCUT2D eigenvalue weighted by molar-refractivity contribution is -0.158. The summed E-state index contributed by atoms with van der Waals surface area (Å²) in [6.45, 7) is 5.10. The Bertz CT molecular complexity index is 1410. The van der Waals surface area contributed by atoms with Crippen LogP contribution in [-0.2, 0) is 27.2 Å². The Labute approximate surface area is 247 Å². The first kappa shape index (κ1) is 29.1. The van der Waals surface area contributed by atoms with Gasteiger partial charge in [-0.2, -0.15) is 0 Å². The summed E-state index contributed by atoms with van der Waals surface area (Å²) in [4.78, 5) is 44.6. The molecule has 41 heavy (non-hydrogen) atoms. The van der Waals surface area contributed by atoms with Crippen molar-refractivity contribution in [3.05, 3.63) is 82.9 Å². The van der Waals surface area contributed by atoms with Crippen LogP contribution >= 0.6 is 11.6 Å². The molecule has 3 aromatic rings. The second-order valence-corrected chi connectivity index (χ2v) is 12.2. The van der Waals surface area contributed by atoms with E-state index in [1.54, 1.807) is 21.9 Å². The number of nitrogens with one attached hydrogen (secondary N) is 1. The molecule has 1 saturated carbocycles. The smallest absolute Gasteiger partial charge is 0.246 e. The van der Waals surface area contributed by atoms with Gasteiger partial charge in [0.15, 0.2) is 0 Å². The number of carbonyl (C=O) groups excluding carboxylic acids is 3. The summed E-state index contributed by atoms with van der Waals surface area (Å²) in [6, 6.07) is 19.4. The summed E-state index contributed by atoms with van der Waals surface area (Å²) in [7, 11) is 0. The molecule has 5 rings (SSSR count). The van der Waals surface area contributed by atoms with Crippen molar-refractivity contribution >= 4 is 40.1 Å². The Balaban J connectivity index is 1.36. The lowest BCUT2D eigenvalue weighted by Gasteiger charge is -2.45. The largest absolute Gasteiger partial charge is 0.354 e. The highest BCUT2D eigenvalue weighted by molar-refractivity contribution is 6.30. The number of amides is 3. The summed E-state index contributed by atoms with van der Waals surface area (Å²) in [5, 5.41) is 5.95. The molecule has 8 heteroatoms. The molecule has 3 N–H and O–H groups in total. The van der Waals surface area contributed by atoms with E-state index in [0.29, 0.717) is 36.9 Å². The van der Waals surface area contributed by atoms with Gasteiger partial charge in [-0.3, -0.25) is 14.4 Å². The van der Waals surface area contributed by atoms with Gasteiger partial charge in [0.05, 0.1) is 6.04 Å². The number of fused-ring (bicyclic) bond motifs is 1. The molecular weight excluding hydrogens is 536 g/mol. The van der Waals surface area contributed by atoms with E-state index in [4.69, 9.17) is 17.3 Å². The highest BCUT2D eigenvalue weighted by Gasteiger charge is 2.44. The second kappa shape index (κ2) is 12.6. The lowest BCUT2D eigenvalue weighted by Crippen LogP contribution is -2.66. The van der Waals surface area contributed by atoms with Crippen molar-refractivity contribution < 1.29 is 14.4 Å². The van der Waals surface area contributed by atoms with E-state index in [2.05, 4.69) is 29.6 Å². The number of nitrogens with two attached hydrogens (primary N) is 1. The van der Waals surface area contributed by atoms with Crippen LogP contribution in [0.25, 0.3) is 10.8 Å². The first-order valence-corrected chi connectivity index (χ1v) is 15.0. The fourth-order valence-electron chi connectivity index (χ4n) is 5.76. The molecule has 1 aliphatic heterocycles. The molecular formula is C33H39ClN4O3. The maximum absolute atomic E-state index is 14.1. The third-order valence-corrected chi connectivity index (χ3v) is 8.49. The molecule has 0 aromatic heterocycles. The fraction of sp³-hybridized carbons (Fsp3) is 0.424. The number of halogens is 1. The Morgan fingerprint density at radius 2 is 1.63 bits per heavy atom. The van der Waals surface area contributed by atoms with Gasteiger partial charge < -0.3 is 20.9 Å². The van der Waals surface area contributed by atoms with Crippen LogP contribution in [0.4, 0.5) is 0 Å². The lowest BCUT2D eigenvalue weighted by atomic mass is 9.93. The van der Waals surface area contributed by atoms with Crippen LogP contribution in [0, 0.1) is 11.8 Å². The molecule has 2 fully saturated rings. The molecule has 2 unspecified atom stereocenters. The summed E-state index contributed by atoms with van der Waals surface area (Å²) < 4.78 is 0. The molecule has 1 heterocycles. The van der Waals surface area contributed by atoms with E-state index in [0.717, 1.165) is 34.7 Å². The summed E-state index contributed by atoms with van der Waals surface area (Å²) in [6.07, 6.45) is 3.01. The number of nitrogens with zero attached hydrogens (tertiary/aromatic N) is 2. The van der Waals surface area contributed by atoms with Gasteiger partial charge in [-0.15, -0.1) is 0 Å². The standard InChI is InChI=1S/C33H39ClN4O3/c1-21(2)30-33(41)37(15-16-38(30)32(40)28(35)18-22-10-13-27(34)14-11-22)29(31(39)36-20-23-7-8-23)19-24-9-12-25-5-3-4-6-26(25)17-24/h3-6,9-14,17,21,23,28-30H,7-8,15-16,18-20,35H2,1-2H3,(H,36,39)/t28?,29?,30-/m0/s1. The number of rotatable bonds is 10. The van der Waals surface area contributed by atoms with Crippen LogP contribution in [0.3, 0.4) is 0 Å². The topological polar surface area (TPSA) is 95.7 Å². The zero-order valence-electron chi connectivity index (χ0n) is 23.8. The number of piperazine rings is 1. The van der Waals surface area contributed by atoms with Gasteiger partial charge in [0, 0.05) is 31.1 Å². The van der Waals surface area contributed by atoms with Gasteiger partial charge in [-0.05, 0) is 65.1 Å². The van der Waals surface area contributed by atoms with E-state index < -0.39 is 18.1 Å². The van der Waals surface area contributed by atoms with Crippen LogP contribution in [-0.4, -0.2) is 65.3 Å². The molecule has 3 amide bonds. The van der Waals surface area contributed by atoms with Crippen LogP contribution in [0.1, 0.15) is 37.8 Å². The van der Waals surface area contributed by atoms with Crippen molar-refractivity contribution in [3.8, 4) is 0 Å². The van der Waals surface area contributed by atoms with Crippen molar-refractivity contribution in [2.45, 2.75) is 57.7 Å². The number of hydrogen-bond acceptors (Lipinski definition) is 4. The van der Waals surface area contributed by atoms with Gasteiger partial charge in [-0.25, -0.2) is 0 Å². The predicted molar refractivity (Wildman–Crippen MR) is 162 cm³/mol. The molecule has 1 saturated heterocycles. The molecule has 7 nitrogen and oxygen atoms in total. The van der Waals surface area contributed by atoms with E-state index in [9.17, 15) is 14.4 Å². The maximum Gasteiger partial charge on any atom is 0.246 e. The molecule has 2 aliphatic rings. The van der Waals surface area contributed by atoms with Crippen molar-refractivity contribution in [1.29, 1.82) is 0 Å². The summed E-state index contributed by atoms with van der Waals surface area (Å²) in [5.74, 6) is -0.217. The van der Waals surface area contributed by atoms with Crippen molar-refractivity contribution in [2.24, 2.45) is 17.6 Å². The highest BCUT2D eigenvalue weighted by atomic mass is 35.5. The molecule has 3 aromatic carbocycles. The van der Waals surface area contributed by atoms with Gasteiger partial charge in [0.25, 0.3) is 0 Å². The van der Waals surface area contributed by atoms with Gasteiger partial charge in [-0.1, -0.05) is 80.0 Å². The molecule has 0 bridgehead atoms. The maximum atomic E-state index is 14.1. The summed E-state index contributed by atoms with van der Waals surface area (Å²) >= 11 is 6.00. The monoisotopic (exact) mass is 574 g/mol. The minimum absolute atomic E-state index is 0.139. The number of benzene rings is 3. The zero-order valence-corrected chi connectivity index (χ0v) is 24.5. The molecule has 1 aliphatic carbocycles. The normalized spacial score (nSPS) is 19.0. The third-order valence-electron chi connectivity index (χ3n) is 8.24. The quantitative estimate of drug-likeness (QED) is 0.379. The van der Waals surface area contributed by atoms with Crippen LogP contribution in [0.2, 0.25) is 5.02 Å². The third kappa shape index (κ3) is 6.91. The first-order valence-electron chi connectivity index (χ1n) is 14.6. The van der Waals surface area contributed by atoms with Crippen molar-refractivity contribution in [1.82, 2.24) is 15.1 Å². The van der Waals surface area contributed by atoms with Crippen LogP contribution in [0.15, 0.2) is 66.7 Å². The van der Waals surface area contributed by atoms with Gasteiger partial charge in [0.1, 0.15) is 12.1 Å². The van der Waals surface area contributed by atoms with Gasteiger partial charge in [0.2, 0.25) is 17.7 Å². The minimum atomic E-state index is -0.785. The Kier molecular flexibility index (Phi) is 8.95. The van der Waals surface area contributed by atoms with E-state index in [1.807, 2.05) is 44.2 Å². The number of hydrogen-bond donors (Lipinski definition) is 2.